The number of ketones is 1. The molecule has 0 saturated heterocycles. The van der Waals surface area contributed by atoms with Crippen LogP contribution in [0.25, 0.3) is 0 Å². The summed E-state index contributed by atoms with van der Waals surface area (Å²) in [6.07, 6.45) is 4.80. The highest BCUT2D eigenvalue weighted by molar-refractivity contribution is 5.99. The minimum atomic E-state index is -1.56. The van der Waals surface area contributed by atoms with Crippen LogP contribution in [-0.2, 0) is 24.0 Å². The van der Waals surface area contributed by atoms with E-state index in [2.05, 4.69) is 40.4 Å². The van der Waals surface area contributed by atoms with Crippen molar-refractivity contribution in [1.82, 2.24) is 26.6 Å². The van der Waals surface area contributed by atoms with Crippen molar-refractivity contribution in [2.24, 2.45) is 33.5 Å². The SMILES string of the molecule is CCC(NC(=O)C(NC(=O)C(CC(=O)C(C)(C)C)NC(=O)C(NC(=O)NC1C(C)CCCC1C)C(C)(C)C)C1(C(=O)O)CCCC1)C(C)(C)C. The smallest absolute Gasteiger partial charge is 0.315 e. The summed E-state index contributed by atoms with van der Waals surface area (Å²) in [5.41, 5.74) is -3.54. The summed E-state index contributed by atoms with van der Waals surface area (Å²) in [6, 6.07) is -4.83. The molecule has 0 aromatic rings. The quantitative estimate of drug-likeness (QED) is 0.154. The van der Waals surface area contributed by atoms with Gasteiger partial charge in [0.2, 0.25) is 17.7 Å². The van der Waals surface area contributed by atoms with E-state index in [1.165, 1.54) is 0 Å². The van der Waals surface area contributed by atoms with E-state index in [0.717, 1.165) is 19.3 Å². The summed E-state index contributed by atoms with van der Waals surface area (Å²) >= 11 is 0. The van der Waals surface area contributed by atoms with Gasteiger partial charge in [0.25, 0.3) is 0 Å². The largest absolute Gasteiger partial charge is 0.481 e. The van der Waals surface area contributed by atoms with Crippen LogP contribution < -0.4 is 26.6 Å². The molecule has 0 heterocycles. The van der Waals surface area contributed by atoms with Gasteiger partial charge in [0.05, 0.1) is 5.41 Å². The number of carboxylic acid groups (broad SMARTS) is 1. The molecule has 12 heteroatoms. The second kappa shape index (κ2) is 16.9. The lowest BCUT2D eigenvalue weighted by Crippen LogP contribution is -2.64. The van der Waals surface area contributed by atoms with Gasteiger partial charge in [-0.05, 0) is 54.8 Å². The molecule has 0 aromatic carbocycles. The maximum Gasteiger partial charge on any atom is 0.315 e. The molecule has 2 aliphatic rings. The Morgan fingerprint density at radius 1 is 0.720 bits per heavy atom. The van der Waals surface area contributed by atoms with Gasteiger partial charge in [0.1, 0.15) is 23.9 Å². The average Bonchev–Trinajstić information content (AvgIpc) is 3.48. The minimum absolute atomic E-state index is 0.0545. The standard InChI is InChI=1S/C38H67N5O7/c1-13-25(35(4,5)6)40-32(47)29(38(33(48)49)19-14-15-20-38)42-30(45)24(21-26(44)36(7,8)9)39-31(46)28(37(10,11)12)43-34(50)41-27-22(2)17-16-18-23(27)3/h22-25,27-29H,13-21H2,1-12H3,(H,39,46)(H,40,47)(H,42,45)(H,48,49)(H2,41,43,50). The summed E-state index contributed by atoms with van der Waals surface area (Å²) in [7, 11) is 0. The summed E-state index contributed by atoms with van der Waals surface area (Å²) in [5, 5.41) is 24.8. The van der Waals surface area contributed by atoms with Gasteiger partial charge in [-0.2, -0.15) is 0 Å². The monoisotopic (exact) mass is 706 g/mol. The van der Waals surface area contributed by atoms with E-state index in [1.54, 1.807) is 41.5 Å². The molecule has 0 aromatic heterocycles. The van der Waals surface area contributed by atoms with Crippen molar-refractivity contribution in [2.75, 3.05) is 0 Å². The van der Waals surface area contributed by atoms with Crippen LogP contribution in [0.5, 0.6) is 0 Å². The maximum atomic E-state index is 14.2. The maximum absolute atomic E-state index is 14.2. The van der Waals surface area contributed by atoms with Crippen molar-refractivity contribution < 1.29 is 33.9 Å². The van der Waals surface area contributed by atoms with Crippen molar-refractivity contribution in [3.8, 4) is 0 Å². The third-order valence-electron chi connectivity index (χ3n) is 10.9. The zero-order valence-electron chi connectivity index (χ0n) is 32.8. The highest BCUT2D eigenvalue weighted by Crippen LogP contribution is 2.42. The zero-order chi connectivity index (χ0) is 38.4. The van der Waals surface area contributed by atoms with E-state index in [4.69, 9.17) is 0 Å². The van der Waals surface area contributed by atoms with Crippen molar-refractivity contribution in [2.45, 2.75) is 171 Å². The first-order chi connectivity index (χ1) is 22.8. The van der Waals surface area contributed by atoms with Gasteiger partial charge in [-0.1, -0.05) is 102 Å². The number of hydrogen-bond donors (Lipinski definition) is 6. The molecule has 6 unspecified atom stereocenters. The molecule has 0 aliphatic heterocycles. The van der Waals surface area contributed by atoms with E-state index >= 15 is 0 Å². The Kier molecular flexibility index (Phi) is 14.5. The van der Waals surface area contributed by atoms with Gasteiger partial charge in [-0.15, -0.1) is 0 Å². The molecule has 2 saturated carbocycles. The lowest BCUT2D eigenvalue weighted by Gasteiger charge is -2.38. The lowest BCUT2D eigenvalue weighted by molar-refractivity contribution is -0.155. The van der Waals surface area contributed by atoms with Crippen LogP contribution in [0.3, 0.4) is 0 Å². The Labute approximate surface area is 300 Å². The Balaban J connectivity index is 2.46. The molecule has 286 valence electrons. The number of urea groups is 1. The predicted octanol–water partition coefficient (Wildman–Crippen LogP) is 5.09. The van der Waals surface area contributed by atoms with Crippen LogP contribution >= 0.6 is 0 Å². The third-order valence-corrected chi connectivity index (χ3v) is 10.9. The molecule has 2 aliphatic carbocycles. The number of aliphatic carboxylic acids is 1. The third kappa shape index (κ3) is 11.2. The topological polar surface area (TPSA) is 183 Å². The molecule has 6 N–H and O–H groups in total. The number of carboxylic acids is 1. The van der Waals surface area contributed by atoms with Gasteiger partial charge < -0.3 is 31.7 Å². The van der Waals surface area contributed by atoms with E-state index in [0.29, 0.717) is 19.3 Å². The molecule has 2 rings (SSSR count). The molecule has 0 bridgehead atoms. The molecule has 5 amide bonds. The van der Waals surface area contributed by atoms with Gasteiger partial charge in [0.15, 0.2) is 0 Å². The number of Topliss-reactive ketones (excluding diaryl/α,β-unsaturated/α-hetero) is 1. The van der Waals surface area contributed by atoms with Gasteiger partial charge in [-0.25, -0.2) is 4.79 Å². The van der Waals surface area contributed by atoms with Crippen LogP contribution in [0, 0.1) is 33.5 Å². The molecule has 0 radical (unpaired) electrons. The predicted molar refractivity (Wildman–Crippen MR) is 194 cm³/mol. The summed E-state index contributed by atoms with van der Waals surface area (Å²) < 4.78 is 0. The Morgan fingerprint density at radius 3 is 1.70 bits per heavy atom. The molecule has 50 heavy (non-hydrogen) atoms. The minimum Gasteiger partial charge on any atom is -0.481 e. The van der Waals surface area contributed by atoms with Gasteiger partial charge in [-0.3, -0.25) is 24.0 Å². The Hall–Kier alpha value is -3.18. The summed E-state index contributed by atoms with van der Waals surface area (Å²) in [5.74, 6) is -3.08. The molecular formula is C38H67N5O7. The van der Waals surface area contributed by atoms with Gasteiger partial charge >= 0.3 is 12.0 Å². The highest BCUT2D eigenvalue weighted by atomic mass is 16.4. The van der Waals surface area contributed by atoms with Crippen LogP contribution in [0.15, 0.2) is 0 Å². The van der Waals surface area contributed by atoms with E-state index in [9.17, 15) is 33.9 Å². The number of hydrogen-bond acceptors (Lipinski definition) is 6. The fraction of sp³-hybridized carbons (Fsp3) is 0.842. The lowest BCUT2D eigenvalue weighted by atomic mass is 9.77. The number of amides is 5. The van der Waals surface area contributed by atoms with E-state index in [1.807, 2.05) is 27.7 Å². The normalized spacial score (nSPS) is 23.4. The van der Waals surface area contributed by atoms with Crippen LogP contribution in [-0.4, -0.2) is 70.8 Å². The Bertz CT molecular complexity index is 1230. The number of carbonyl (C=O) groups is 6. The molecule has 0 spiro atoms. The van der Waals surface area contributed by atoms with Crippen molar-refractivity contribution in [3.05, 3.63) is 0 Å². The van der Waals surface area contributed by atoms with E-state index < -0.39 is 70.5 Å². The molecular weight excluding hydrogens is 638 g/mol. The van der Waals surface area contributed by atoms with Crippen LogP contribution in [0.1, 0.15) is 141 Å². The summed E-state index contributed by atoms with van der Waals surface area (Å²) in [6.45, 7) is 22.5. The van der Waals surface area contributed by atoms with Crippen molar-refractivity contribution in [3.63, 3.8) is 0 Å². The number of carbonyl (C=O) groups excluding carboxylic acids is 5. The first kappa shape index (κ1) is 43.0. The highest BCUT2D eigenvalue weighted by Gasteiger charge is 2.53. The van der Waals surface area contributed by atoms with Crippen LogP contribution in [0.4, 0.5) is 4.79 Å². The van der Waals surface area contributed by atoms with Crippen molar-refractivity contribution in [1.29, 1.82) is 0 Å². The van der Waals surface area contributed by atoms with Crippen LogP contribution in [0.2, 0.25) is 0 Å². The Morgan fingerprint density at radius 2 is 1.26 bits per heavy atom. The second-order valence-corrected chi connectivity index (χ2v) is 18.2. The summed E-state index contributed by atoms with van der Waals surface area (Å²) in [4.78, 5) is 81.7. The second-order valence-electron chi connectivity index (χ2n) is 18.2. The number of nitrogens with one attached hydrogen (secondary N) is 5. The first-order valence-electron chi connectivity index (χ1n) is 18.6. The fourth-order valence-electron chi connectivity index (χ4n) is 7.44. The van der Waals surface area contributed by atoms with E-state index in [-0.39, 0.29) is 48.0 Å². The fourth-order valence-corrected chi connectivity index (χ4v) is 7.44. The van der Waals surface area contributed by atoms with Gasteiger partial charge in [0, 0.05) is 23.9 Å². The first-order valence-corrected chi connectivity index (χ1v) is 18.6. The van der Waals surface area contributed by atoms with Crippen molar-refractivity contribution >= 4 is 35.5 Å². The number of rotatable bonds is 13. The zero-order valence-corrected chi connectivity index (χ0v) is 32.8. The molecule has 6 atom stereocenters. The molecule has 2 fully saturated rings. The molecule has 12 nitrogen and oxygen atoms in total. The average molecular weight is 706 g/mol.